The number of benzene rings is 2. The highest BCUT2D eigenvalue weighted by Gasteiger charge is 2.30. The van der Waals surface area contributed by atoms with Crippen molar-refractivity contribution in [1.29, 1.82) is 0 Å². The second-order valence-electron chi connectivity index (χ2n) is 8.41. The SMILES string of the molecule is CC1CC(=O)Nc2ccccc2N1C(=O)CN1CCCN(Cc2ccc(Cl)cc2)CC1. The van der Waals surface area contributed by atoms with Crippen molar-refractivity contribution in [1.82, 2.24) is 9.80 Å². The Kier molecular flexibility index (Phi) is 6.90. The first-order valence-corrected chi connectivity index (χ1v) is 11.3. The molecule has 4 rings (SSSR count). The fourth-order valence-electron chi connectivity index (χ4n) is 4.42. The molecule has 31 heavy (non-hydrogen) atoms. The first-order valence-electron chi connectivity index (χ1n) is 10.9. The van der Waals surface area contributed by atoms with Crippen molar-refractivity contribution in [3.05, 3.63) is 59.1 Å². The van der Waals surface area contributed by atoms with Crippen LogP contribution in [0, 0.1) is 0 Å². The largest absolute Gasteiger partial charge is 0.324 e. The van der Waals surface area contributed by atoms with Crippen LogP contribution in [-0.2, 0) is 16.1 Å². The Labute approximate surface area is 188 Å². The lowest BCUT2D eigenvalue weighted by Gasteiger charge is -2.30. The Bertz CT molecular complexity index is 933. The van der Waals surface area contributed by atoms with E-state index in [1.54, 1.807) is 4.90 Å². The number of nitrogens with zero attached hydrogens (tertiary/aromatic N) is 3. The highest BCUT2D eigenvalue weighted by atomic mass is 35.5. The second kappa shape index (κ2) is 9.81. The number of anilines is 2. The van der Waals surface area contributed by atoms with Gasteiger partial charge in [0.1, 0.15) is 0 Å². The van der Waals surface area contributed by atoms with Gasteiger partial charge < -0.3 is 10.2 Å². The summed E-state index contributed by atoms with van der Waals surface area (Å²) in [6, 6.07) is 15.4. The van der Waals surface area contributed by atoms with Crippen LogP contribution in [0.2, 0.25) is 5.02 Å². The number of rotatable bonds is 4. The lowest BCUT2D eigenvalue weighted by molar-refractivity contribution is -0.120. The van der Waals surface area contributed by atoms with E-state index in [9.17, 15) is 9.59 Å². The number of amides is 2. The predicted molar refractivity (Wildman–Crippen MR) is 124 cm³/mol. The number of carbonyl (C=O) groups excluding carboxylic acids is 2. The monoisotopic (exact) mass is 440 g/mol. The van der Waals surface area contributed by atoms with Crippen LogP contribution < -0.4 is 10.2 Å². The summed E-state index contributed by atoms with van der Waals surface area (Å²) in [7, 11) is 0. The fraction of sp³-hybridized carbons (Fsp3) is 0.417. The second-order valence-corrected chi connectivity index (χ2v) is 8.85. The normalized spacial score (nSPS) is 20.5. The average molecular weight is 441 g/mol. The molecule has 0 radical (unpaired) electrons. The third-order valence-corrected chi connectivity index (χ3v) is 6.24. The molecule has 7 heteroatoms. The number of para-hydroxylation sites is 2. The van der Waals surface area contributed by atoms with E-state index in [0.717, 1.165) is 49.9 Å². The van der Waals surface area contributed by atoms with E-state index in [0.29, 0.717) is 18.7 Å². The number of halogens is 1. The topological polar surface area (TPSA) is 55.9 Å². The van der Waals surface area contributed by atoms with E-state index in [2.05, 4.69) is 27.2 Å². The standard InChI is InChI=1S/C24H29ClN4O2/c1-18-15-23(30)26-21-5-2-3-6-22(21)29(18)24(31)17-28-12-4-11-27(13-14-28)16-19-7-9-20(25)10-8-19/h2-3,5-10,18H,4,11-17H2,1H3,(H,26,30). The van der Waals surface area contributed by atoms with E-state index in [4.69, 9.17) is 11.6 Å². The summed E-state index contributed by atoms with van der Waals surface area (Å²) in [4.78, 5) is 32.0. The molecule has 1 N–H and O–H groups in total. The van der Waals surface area contributed by atoms with Crippen molar-refractivity contribution in [2.24, 2.45) is 0 Å². The Balaban J connectivity index is 1.39. The summed E-state index contributed by atoms with van der Waals surface area (Å²) in [5, 5.41) is 3.68. The lowest BCUT2D eigenvalue weighted by atomic mass is 10.1. The van der Waals surface area contributed by atoms with Crippen molar-refractivity contribution in [3.8, 4) is 0 Å². The van der Waals surface area contributed by atoms with Crippen LogP contribution >= 0.6 is 11.6 Å². The van der Waals surface area contributed by atoms with E-state index in [1.165, 1.54) is 5.56 Å². The van der Waals surface area contributed by atoms with E-state index in [1.807, 2.05) is 43.3 Å². The lowest BCUT2D eigenvalue weighted by Crippen LogP contribution is -2.45. The molecular formula is C24H29ClN4O2. The Morgan fingerprint density at radius 2 is 1.74 bits per heavy atom. The summed E-state index contributed by atoms with van der Waals surface area (Å²) in [6.45, 7) is 6.86. The van der Waals surface area contributed by atoms with Crippen LogP contribution in [0.15, 0.2) is 48.5 Å². The molecule has 2 aliphatic rings. The minimum Gasteiger partial charge on any atom is -0.324 e. The molecule has 1 unspecified atom stereocenters. The molecule has 1 fully saturated rings. The summed E-state index contributed by atoms with van der Waals surface area (Å²) in [5.74, 6) is -0.00883. The molecule has 0 bridgehead atoms. The van der Waals surface area contributed by atoms with Crippen LogP contribution in [0.25, 0.3) is 0 Å². The zero-order valence-corrected chi connectivity index (χ0v) is 18.6. The van der Waals surface area contributed by atoms with Gasteiger partial charge in [0.25, 0.3) is 0 Å². The van der Waals surface area contributed by atoms with Crippen LogP contribution in [0.5, 0.6) is 0 Å². The summed E-state index contributed by atoms with van der Waals surface area (Å²) >= 11 is 5.99. The average Bonchev–Trinajstić information content (AvgIpc) is 3.03. The van der Waals surface area contributed by atoms with Gasteiger partial charge in [0.2, 0.25) is 11.8 Å². The molecule has 0 aliphatic carbocycles. The van der Waals surface area contributed by atoms with Crippen molar-refractivity contribution in [3.63, 3.8) is 0 Å². The third-order valence-electron chi connectivity index (χ3n) is 5.99. The Morgan fingerprint density at radius 3 is 2.55 bits per heavy atom. The van der Waals surface area contributed by atoms with Crippen molar-refractivity contribution in [2.45, 2.75) is 32.4 Å². The highest BCUT2D eigenvalue weighted by Crippen LogP contribution is 2.31. The molecular weight excluding hydrogens is 412 g/mol. The maximum absolute atomic E-state index is 13.3. The van der Waals surface area contributed by atoms with Crippen LogP contribution in [0.4, 0.5) is 11.4 Å². The van der Waals surface area contributed by atoms with Crippen molar-refractivity contribution < 1.29 is 9.59 Å². The minimum atomic E-state index is -0.176. The molecule has 0 aromatic heterocycles. The predicted octanol–water partition coefficient (Wildman–Crippen LogP) is 3.61. The smallest absolute Gasteiger partial charge is 0.241 e. The number of hydrogen-bond acceptors (Lipinski definition) is 4. The first-order chi connectivity index (χ1) is 15.0. The van der Waals surface area contributed by atoms with E-state index < -0.39 is 0 Å². The van der Waals surface area contributed by atoms with E-state index in [-0.39, 0.29) is 17.9 Å². The van der Waals surface area contributed by atoms with Gasteiger partial charge in [-0.1, -0.05) is 35.9 Å². The Hall–Kier alpha value is -2.41. The molecule has 6 nitrogen and oxygen atoms in total. The zero-order chi connectivity index (χ0) is 21.8. The third kappa shape index (κ3) is 5.45. The van der Waals surface area contributed by atoms with Crippen molar-refractivity contribution in [2.75, 3.05) is 42.9 Å². The summed E-state index contributed by atoms with van der Waals surface area (Å²) in [6.07, 6.45) is 1.32. The highest BCUT2D eigenvalue weighted by molar-refractivity contribution is 6.30. The van der Waals surface area contributed by atoms with Gasteiger partial charge >= 0.3 is 0 Å². The maximum Gasteiger partial charge on any atom is 0.241 e. The van der Waals surface area contributed by atoms with Crippen LogP contribution in [-0.4, -0.2) is 60.4 Å². The molecule has 2 heterocycles. The minimum absolute atomic E-state index is 0.0441. The molecule has 164 valence electrons. The first kappa shape index (κ1) is 21.8. The van der Waals surface area contributed by atoms with Crippen LogP contribution in [0.3, 0.4) is 0 Å². The number of fused-ring (bicyclic) bond motifs is 1. The fourth-order valence-corrected chi connectivity index (χ4v) is 4.55. The molecule has 1 saturated heterocycles. The van der Waals surface area contributed by atoms with Crippen molar-refractivity contribution >= 4 is 34.8 Å². The Morgan fingerprint density at radius 1 is 1.03 bits per heavy atom. The van der Waals surface area contributed by atoms with E-state index >= 15 is 0 Å². The van der Waals surface area contributed by atoms with Crippen LogP contribution in [0.1, 0.15) is 25.3 Å². The quantitative estimate of drug-likeness (QED) is 0.789. The summed E-state index contributed by atoms with van der Waals surface area (Å²) < 4.78 is 0. The number of hydrogen-bond donors (Lipinski definition) is 1. The number of nitrogens with one attached hydrogen (secondary N) is 1. The molecule has 2 aromatic rings. The van der Waals surface area contributed by atoms with Gasteiger partial charge in [-0.2, -0.15) is 0 Å². The van der Waals surface area contributed by atoms with Gasteiger partial charge in [-0.3, -0.25) is 19.4 Å². The van der Waals surface area contributed by atoms with Gasteiger partial charge in [0.15, 0.2) is 0 Å². The van der Waals surface area contributed by atoms with Gasteiger partial charge in [0.05, 0.1) is 17.9 Å². The summed E-state index contributed by atoms with van der Waals surface area (Å²) in [5.41, 5.74) is 2.74. The molecule has 0 spiro atoms. The molecule has 1 atom stereocenters. The molecule has 2 aromatic carbocycles. The van der Waals surface area contributed by atoms with Gasteiger partial charge in [-0.25, -0.2) is 0 Å². The molecule has 2 aliphatic heterocycles. The zero-order valence-electron chi connectivity index (χ0n) is 17.9. The van der Waals surface area contributed by atoms with Gasteiger partial charge in [-0.05, 0) is 56.3 Å². The molecule has 2 amide bonds. The van der Waals surface area contributed by atoms with Gasteiger partial charge in [-0.15, -0.1) is 0 Å². The number of carbonyl (C=O) groups is 2. The molecule has 0 saturated carbocycles. The maximum atomic E-state index is 13.3. The van der Waals surface area contributed by atoms with Gasteiger partial charge in [0, 0.05) is 37.1 Å².